The Hall–Kier alpha value is -1.92. The fraction of sp³-hybridized carbons (Fsp3) is 0.810. The van der Waals surface area contributed by atoms with E-state index in [1.54, 1.807) is 6.92 Å². The van der Waals surface area contributed by atoms with E-state index in [1.165, 1.54) is 32.1 Å². The minimum atomic E-state index is 0.0535. The van der Waals surface area contributed by atoms with Gasteiger partial charge in [-0.3, -0.25) is 9.59 Å². The van der Waals surface area contributed by atoms with Crippen molar-refractivity contribution in [2.24, 2.45) is 5.92 Å². The van der Waals surface area contributed by atoms with Crippen molar-refractivity contribution in [3.63, 3.8) is 0 Å². The molecule has 2 aliphatic carbocycles. The number of likely N-dealkylation sites (tertiary alicyclic amines) is 1. The summed E-state index contributed by atoms with van der Waals surface area (Å²) < 4.78 is 5.38. The fourth-order valence-electron chi connectivity index (χ4n) is 4.82. The van der Waals surface area contributed by atoms with Crippen LogP contribution in [0, 0.1) is 5.92 Å². The maximum Gasteiger partial charge on any atom is 0.229 e. The van der Waals surface area contributed by atoms with Crippen molar-refractivity contribution in [2.75, 3.05) is 19.6 Å². The van der Waals surface area contributed by atoms with E-state index in [0.29, 0.717) is 43.6 Å². The molecule has 1 unspecified atom stereocenters. The van der Waals surface area contributed by atoms with Crippen molar-refractivity contribution < 1.29 is 14.1 Å². The van der Waals surface area contributed by atoms with Crippen molar-refractivity contribution in [1.82, 2.24) is 19.9 Å². The summed E-state index contributed by atoms with van der Waals surface area (Å²) in [4.78, 5) is 33.2. The lowest BCUT2D eigenvalue weighted by molar-refractivity contribution is -0.134. The van der Waals surface area contributed by atoms with E-state index in [9.17, 15) is 9.59 Å². The molecule has 3 fully saturated rings. The number of hydrogen-bond donors (Lipinski definition) is 0. The first kappa shape index (κ1) is 19.4. The minimum Gasteiger partial charge on any atom is -0.341 e. The van der Waals surface area contributed by atoms with Crippen LogP contribution >= 0.6 is 0 Å². The van der Waals surface area contributed by atoms with Gasteiger partial charge in [-0.05, 0) is 38.0 Å². The molecule has 7 heteroatoms. The largest absolute Gasteiger partial charge is 0.341 e. The molecule has 2 heterocycles. The van der Waals surface area contributed by atoms with Gasteiger partial charge >= 0.3 is 0 Å². The molecule has 0 aromatic carbocycles. The van der Waals surface area contributed by atoms with Crippen LogP contribution in [-0.2, 0) is 16.0 Å². The minimum absolute atomic E-state index is 0.0535. The highest BCUT2D eigenvalue weighted by molar-refractivity contribution is 5.77. The van der Waals surface area contributed by atoms with Gasteiger partial charge < -0.3 is 14.3 Å². The maximum absolute atomic E-state index is 12.6. The number of nitrogens with zero attached hydrogens (tertiary/aromatic N) is 4. The molecule has 0 radical (unpaired) electrons. The van der Waals surface area contributed by atoms with E-state index in [1.807, 2.05) is 9.80 Å². The molecule has 2 amide bonds. The average molecular weight is 389 g/mol. The predicted octanol–water partition coefficient (Wildman–Crippen LogP) is 2.91. The Bertz CT molecular complexity index is 694. The number of carbonyl (C=O) groups is 2. The van der Waals surface area contributed by atoms with Crippen molar-refractivity contribution in [3.8, 4) is 0 Å². The predicted molar refractivity (Wildman–Crippen MR) is 104 cm³/mol. The monoisotopic (exact) mass is 388 g/mol. The molecule has 4 rings (SSSR count). The van der Waals surface area contributed by atoms with Crippen LogP contribution in [0.3, 0.4) is 0 Å². The standard InChI is InChI=1S/C21H32N4O3/c1-15(26)25(12-10-19-22-21(28-23-19)17-7-4-8-17)18-9-11-24(14-18)20(27)13-16-5-2-3-6-16/h16-18H,2-14H2,1H3. The summed E-state index contributed by atoms with van der Waals surface area (Å²) in [5, 5.41) is 4.09. The number of carbonyl (C=O) groups excluding carboxylic acids is 2. The Balaban J connectivity index is 1.28. The van der Waals surface area contributed by atoms with Crippen LogP contribution in [0.5, 0.6) is 0 Å². The molecule has 154 valence electrons. The Morgan fingerprint density at radius 1 is 1.14 bits per heavy atom. The smallest absolute Gasteiger partial charge is 0.229 e. The lowest BCUT2D eigenvalue weighted by Gasteiger charge is -2.28. The third kappa shape index (κ3) is 4.39. The lowest BCUT2D eigenvalue weighted by Crippen LogP contribution is -2.43. The zero-order valence-corrected chi connectivity index (χ0v) is 16.9. The van der Waals surface area contributed by atoms with Gasteiger partial charge in [0.25, 0.3) is 0 Å². The van der Waals surface area contributed by atoms with E-state index in [-0.39, 0.29) is 17.9 Å². The van der Waals surface area contributed by atoms with Crippen molar-refractivity contribution in [3.05, 3.63) is 11.7 Å². The zero-order valence-electron chi connectivity index (χ0n) is 16.9. The van der Waals surface area contributed by atoms with E-state index in [4.69, 9.17) is 4.52 Å². The molecule has 1 saturated heterocycles. The first-order chi connectivity index (χ1) is 13.6. The number of hydrogen-bond acceptors (Lipinski definition) is 5. The third-order valence-electron chi connectivity index (χ3n) is 6.81. The molecule has 1 aliphatic heterocycles. The van der Waals surface area contributed by atoms with Gasteiger partial charge in [-0.25, -0.2) is 0 Å². The van der Waals surface area contributed by atoms with Gasteiger partial charge in [0.15, 0.2) is 5.82 Å². The molecule has 7 nitrogen and oxygen atoms in total. The number of rotatable bonds is 7. The van der Waals surface area contributed by atoms with Crippen molar-refractivity contribution in [1.29, 1.82) is 0 Å². The average Bonchev–Trinajstić information content (AvgIpc) is 3.35. The van der Waals surface area contributed by atoms with Crippen LogP contribution < -0.4 is 0 Å². The molecular weight excluding hydrogens is 356 g/mol. The van der Waals surface area contributed by atoms with Gasteiger partial charge in [0.05, 0.1) is 6.04 Å². The molecule has 28 heavy (non-hydrogen) atoms. The van der Waals surface area contributed by atoms with Crippen molar-refractivity contribution in [2.45, 2.75) is 83.1 Å². The summed E-state index contributed by atoms with van der Waals surface area (Å²) in [6.07, 6.45) is 10.5. The van der Waals surface area contributed by atoms with Gasteiger partial charge in [0.2, 0.25) is 17.7 Å². The van der Waals surface area contributed by atoms with Crippen molar-refractivity contribution >= 4 is 11.8 Å². The molecule has 1 aromatic rings. The summed E-state index contributed by atoms with van der Waals surface area (Å²) in [6.45, 7) is 3.60. The highest BCUT2D eigenvalue weighted by Crippen LogP contribution is 2.35. The number of amides is 2. The first-order valence-electron chi connectivity index (χ1n) is 11.0. The Kier molecular flexibility index (Phi) is 5.97. The Labute approximate surface area is 166 Å². The Morgan fingerprint density at radius 2 is 1.93 bits per heavy atom. The van der Waals surface area contributed by atoms with Gasteiger partial charge in [-0.1, -0.05) is 24.4 Å². The normalized spacial score (nSPS) is 23.2. The third-order valence-corrected chi connectivity index (χ3v) is 6.81. The molecule has 0 spiro atoms. The molecule has 2 saturated carbocycles. The maximum atomic E-state index is 12.6. The molecular formula is C21H32N4O3. The van der Waals surface area contributed by atoms with Crippen LogP contribution in [0.2, 0.25) is 0 Å². The quantitative estimate of drug-likeness (QED) is 0.717. The van der Waals surface area contributed by atoms with E-state index >= 15 is 0 Å². The highest BCUT2D eigenvalue weighted by atomic mass is 16.5. The van der Waals surface area contributed by atoms with Gasteiger partial charge in [0, 0.05) is 45.3 Å². The number of aromatic nitrogens is 2. The second kappa shape index (κ2) is 8.62. The molecule has 0 N–H and O–H groups in total. The van der Waals surface area contributed by atoms with E-state index in [2.05, 4.69) is 10.1 Å². The summed E-state index contributed by atoms with van der Waals surface area (Å²) in [7, 11) is 0. The van der Waals surface area contributed by atoms with Gasteiger partial charge in [-0.2, -0.15) is 4.98 Å². The summed E-state index contributed by atoms with van der Waals surface area (Å²) in [6, 6.07) is 0.100. The first-order valence-corrected chi connectivity index (χ1v) is 11.0. The molecule has 1 aromatic heterocycles. The molecule has 0 bridgehead atoms. The second-order valence-corrected chi connectivity index (χ2v) is 8.78. The molecule has 3 aliphatic rings. The fourth-order valence-corrected chi connectivity index (χ4v) is 4.82. The van der Waals surface area contributed by atoms with Crippen LogP contribution in [0.1, 0.15) is 82.3 Å². The summed E-state index contributed by atoms with van der Waals surface area (Å²) in [5.41, 5.74) is 0. The van der Waals surface area contributed by atoms with Crippen LogP contribution in [-0.4, -0.2) is 57.4 Å². The topological polar surface area (TPSA) is 79.5 Å². The van der Waals surface area contributed by atoms with Crippen LogP contribution in [0.4, 0.5) is 0 Å². The molecule has 1 atom stereocenters. The summed E-state index contributed by atoms with van der Waals surface area (Å²) in [5.74, 6) is 2.75. The lowest BCUT2D eigenvalue weighted by atomic mass is 9.85. The zero-order chi connectivity index (χ0) is 19.5. The SMILES string of the molecule is CC(=O)N(CCc1noc(C2CCC2)n1)C1CCN(C(=O)CC2CCCC2)C1. The van der Waals surface area contributed by atoms with E-state index in [0.717, 1.165) is 31.7 Å². The summed E-state index contributed by atoms with van der Waals surface area (Å²) >= 11 is 0. The van der Waals surface area contributed by atoms with Crippen LogP contribution in [0.25, 0.3) is 0 Å². The Morgan fingerprint density at radius 3 is 2.61 bits per heavy atom. The van der Waals surface area contributed by atoms with Gasteiger partial charge in [0.1, 0.15) is 0 Å². The van der Waals surface area contributed by atoms with Gasteiger partial charge in [-0.15, -0.1) is 0 Å². The van der Waals surface area contributed by atoms with Crippen LogP contribution in [0.15, 0.2) is 4.52 Å². The van der Waals surface area contributed by atoms with E-state index < -0.39 is 0 Å². The highest BCUT2D eigenvalue weighted by Gasteiger charge is 2.33. The second-order valence-electron chi connectivity index (χ2n) is 8.78.